The van der Waals surface area contributed by atoms with Gasteiger partial charge in [0, 0.05) is 10.8 Å². The molecule has 0 atom stereocenters. The number of carboxylic acids is 1. The first kappa shape index (κ1) is 18.1. The zero-order valence-electron chi connectivity index (χ0n) is 13.9. The lowest BCUT2D eigenvalue weighted by molar-refractivity contribution is -0.129. The van der Waals surface area contributed by atoms with E-state index in [9.17, 15) is 9.59 Å². The molecule has 0 radical (unpaired) electrons. The van der Waals surface area contributed by atoms with Gasteiger partial charge in [-0.3, -0.25) is 4.79 Å². The molecule has 24 heavy (non-hydrogen) atoms. The summed E-state index contributed by atoms with van der Waals surface area (Å²) in [6.45, 7) is 4.12. The molecule has 6 heteroatoms. The number of aromatic carboxylic acids is 1. The highest BCUT2D eigenvalue weighted by Crippen LogP contribution is 2.24. The SMILES string of the molecule is CC(C)(CCCc1ccccc1)C(=O)NCc1nc(C(=O)O)cs1. The summed E-state index contributed by atoms with van der Waals surface area (Å²) < 4.78 is 0. The van der Waals surface area contributed by atoms with Gasteiger partial charge in [0.2, 0.25) is 5.91 Å². The first-order valence-electron chi connectivity index (χ1n) is 7.88. The molecule has 1 heterocycles. The van der Waals surface area contributed by atoms with E-state index in [2.05, 4.69) is 22.4 Å². The number of carbonyl (C=O) groups excluding carboxylic acids is 1. The van der Waals surface area contributed by atoms with Crippen molar-refractivity contribution in [1.29, 1.82) is 0 Å². The van der Waals surface area contributed by atoms with E-state index in [0.29, 0.717) is 5.01 Å². The largest absolute Gasteiger partial charge is 0.476 e. The Hall–Kier alpha value is -2.21. The van der Waals surface area contributed by atoms with Crippen LogP contribution in [0.25, 0.3) is 0 Å². The Morgan fingerprint density at radius 2 is 1.96 bits per heavy atom. The second-order valence-corrected chi connectivity index (χ2v) is 7.28. The van der Waals surface area contributed by atoms with Crippen molar-refractivity contribution in [2.45, 2.75) is 39.7 Å². The number of amides is 1. The number of aromatic nitrogens is 1. The molecule has 2 rings (SSSR count). The number of nitrogens with zero attached hydrogens (tertiary/aromatic N) is 1. The summed E-state index contributed by atoms with van der Waals surface area (Å²) >= 11 is 1.24. The van der Waals surface area contributed by atoms with Crippen molar-refractivity contribution in [1.82, 2.24) is 10.3 Å². The van der Waals surface area contributed by atoms with E-state index in [1.807, 2.05) is 32.0 Å². The number of aryl methyl sites for hydroxylation is 1. The molecule has 0 bridgehead atoms. The molecule has 1 aromatic heterocycles. The average molecular weight is 346 g/mol. The lowest BCUT2D eigenvalue weighted by Gasteiger charge is -2.23. The van der Waals surface area contributed by atoms with E-state index in [1.54, 1.807) is 0 Å². The molecule has 0 fully saturated rings. The van der Waals surface area contributed by atoms with Crippen molar-refractivity contribution >= 4 is 23.2 Å². The predicted octanol–water partition coefficient (Wildman–Crippen LogP) is 3.51. The summed E-state index contributed by atoms with van der Waals surface area (Å²) in [5, 5.41) is 13.8. The Bertz CT molecular complexity index is 695. The number of rotatable bonds is 8. The summed E-state index contributed by atoms with van der Waals surface area (Å²) in [7, 11) is 0. The number of carbonyl (C=O) groups is 2. The summed E-state index contributed by atoms with van der Waals surface area (Å²) in [4.78, 5) is 27.1. The van der Waals surface area contributed by atoms with E-state index < -0.39 is 11.4 Å². The maximum absolute atomic E-state index is 12.4. The Morgan fingerprint density at radius 3 is 2.58 bits per heavy atom. The van der Waals surface area contributed by atoms with Crippen LogP contribution in [0.3, 0.4) is 0 Å². The van der Waals surface area contributed by atoms with Gasteiger partial charge < -0.3 is 10.4 Å². The monoisotopic (exact) mass is 346 g/mol. The van der Waals surface area contributed by atoms with Crippen LogP contribution < -0.4 is 5.32 Å². The van der Waals surface area contributed by atoms with Crippen molar-refractivity contribution in [3.8, 4) is 0 Å². The molecule has 128 valence electrons. The standard InChI is InChI=1S/C18H22N2O3S/c1-18(2,10-6-9-13-7-4-3-5-8-13)17(23)19-11-15-20-14(12-24-15)16(21)22/h3-5,7-8,12H,6,9-11H2,1-2H3,(H,19,23)(H,21,22). The van der Waals surface area contributed by atoms with E-state index in [1.165, 1.54) is 22.3 Å². The first-order chi connectivity index (χ1) is 11.4. The Balaban J connectivity index is 1.79. The number of hydrogen-bond acceptors (Lipinski definition) is 4. The Morgan fingerprint density at radius 1 is 1.25 bits per heavy atom. The minimum atomic E-state index is -1.05. The number of carboxylic acid groups (broad SMARTS) is 1. The van der Waals surface area contributed by atoms with Crippen molar-refractivity contribution in [3.63, 3.8) is 0 Å². The molecular weight excluding hydrogens is 324 g/mol. The van der Waals surface area contributed by atoms with Crippen molar-refractivity contribution in [2.24, 2.45) is 5.41 Å². The van der Waals surface area contributed by atoms with Crippen LogP contribution in [0.1, 0.15) is 47.7 Å². The highest BCUT2D eigenvalue weighted by atomic mass is 32.1. The van der Waals surface area contributed by atoms with Crippen LogP contribution in [0, 0.1) is 5.41 Å². The molecule has 5 nitrogen and oxygen atoms in total. The van der Waals surface area contributed by atoms with E-state index in [0.717, 1.165) is 19.3 Å². The van der Waals surface area contributed by atoms with E-state index >= 15 is 0 Å². The molecular formula is C18H22N2O3S. The van der Waals surface area contributed by atoms with Gasteiger partial charge >= 0.3 is 5.97 Å². The maximum Gasteiger partial charge on any atom is 0.355 e. The van der Waals surface area contributed by atoms with Crippen LogP contribution in [0.4, 0.5) is 0 Å². The van der Waals surface area contributed by atoms with E-state index in [4.69, 9.17) is 5.11 Å². The van der Waals surface area contributed by atoms with Gasteiger partial charge in [-0.25, -0.2) is 9.78 Å². The number of thiazole rings is 1. The predicted molar refractivity (Wildman–Crippen MR) is 94.1 cm³/mol. The van der Waals surface area contributed by atoms with Gasteiger partial charge in [-0.15, -0.1) is 11.3 Å². The van der Waals surface area contributed by atoms with Crippen LogP contribution in [-0.4, -0.2) is 22.0 Å². The minimum absolute atomic E-state index is 0.0198. The molecule has 2 N–H and O–H groups in total. The number of nitrogens with one attached hydrogen (secondary N) is 1. The summed E-state index contributed by atoms with van der Waals surface area (Å²) in [6, 6.07) is 10.2. The molecule has 0 aliphatic carbocycles. The first-order valence-corrected chi connectivity index (χ1v) is 8.76. The van der Waals surface area contributed by atoms with Gasteiger partial charge in [0.15, 0.2) is 5.69 Å². The van der Waals surface area contributed by atoms with Crippen LogP contribution in [0.5, 0.6) is 0 Å². The lowest BCUT2D eigenvalue weighted by Crippen LogP contribution is -2.36. The van der Waals surface area contributed by atoms with Gasteiger partial charge in [-0.05, 0) is 24.8 Å². The Labute approximate surface area is 145 Å². The zero-order chi connectivity index (χ0) is 17.6. The maximum atomic E-state index is 12.4. The molecule has 0 aliphatic heterocycles. The zero-order valence-corrected chi connectivity index (χ0v) is 14.7. The summed E-state index contributed by atoms with van der Waals surface area (Å²) in [5.74, 6) is -1.09. The molecule has 0 unspecified atom stereocenters. The van der Waals surface area contributed by atoms with Gasteiger partial charge in [-0.2, -0.15) is 0 Å². The molecule has 0 saturated carbocycles. The highest BCUT2D eigenvalue weighted by Gasteiger charge is 2.27. The molecule has 1 aromatic carbocycles. The lowest BCUT2D eigenvalue weighted by atomic mass is 9.85. The van der Waals surface area contributed by atoms with Crippen LogP contribution >= 0.6 is 11.3 Å². The average Bonchev–Trinajstić information content (AvgIpc) is 3.02. The molecule has 2 aromatic rings. The van der Waals surface area contributed by atoms with Crippen molar-refractivity contribution in [3.05, 3.63) is 52.0 Å². The summed E-state index contributed by atoms with van der Waals surface area (Å²) in [5.41, 5.74) is 0.825. The number of hydrogen-bond donors (Lipinski definition) is 2. The van der Waals surface area contributed by atoms with Crippen molar-refractivity contribution < 1.29 is 14.7 Å². The van der Waals surface area contributed by atoms with Gasteiger partial charge in [0.05, 0.1) is 6.54 Å². The van der Waals surface area contributed by atoms with Gasteiger partial charge in [0.25, 0.3) is 0 Å². The van der Waals surface area contributed by atoms with Gasteiger partial charge in [-0.1, -0.05) is 44.2 Å². The number of benzene rings is 1. The normalized spacial score (nSPS) is 11.2. The third-order valence-corrected chi connectivity index (χ3v) is 4.74. The fourth-order valence-corrected chi connectivity index (χ4v) is 3.09. The molecule has 0 saturated heterocycles. The van der Waals surface area contributed by atoms with Crippen LogP contribution in [-0.2, 0) is 17.8 Å². The smallest absolute Gasteiger partial charge is 0.355 e. The van der Waals surface area contributed by atoms with Crippen molar-refractivity contribution in [2.75, 3.05) is 0 Å². The third-order valence-electron chi connectivity index (χ3n) is 3.90. The fraction of sp³-hybridized carbons (Fsp3) is 0.389. The molecule has 0 spiro atoms. The second kappa shape index (κ2) is 8.06. The van der Waals surface area contributed by atoms with Crippen LogP contribution in [0.15, 0.2) is 35.7 Å². The molecule has 0 aliphatic rings. The topological polar surface area (TPSA) is 79.3 Å². The minimum Gasteiger partial charge on any atom is -0.476 e. The Kier molecular flexibility index (Phi) is 6.09. The second-order valence-electron chi connectivity index (χ2n) is 6.34. The fourth-order valence-electron chi connectivity index (χ4n) is 2.38. The van der Waals surface area contributed by atoms with Crippen LogP contribution in [0.2, 0.25) is 0 Å². The van der Waals surface area contributed by atoms with Gasteiger partial charge in [0.1, 0.15) is 5.01 Å². The quantitative estimate of drug-likeness (QED) is 0.766. The highest BCUT2D eigenvalue weighted by molar-refractivity contribution is 7.09. The molecule has 1 amide bonds. The third kappa shape index (κ3) is 5.16. The summed E-state index contributed by atoms with van der Waals surface area (Å²) in [6.07, 6.45) is 2.67. The van der Waals surface area contributed by atoms with E-state index in [-0.39, 0.29) is 18.1 Å².